The lowest BCUT2D eigenvalue weighted by molar-refractivity contribution is 0.0139. The molecule has 0 aliphatic carbocycles. The minimum Gasteiger partial charge on any atom is -0.389 e. The van der Waals surface area contributed by atoms with Crippen LogP contribution in [0.1, 0.15) is 32.1 Å². The zero-order valence-corrected chi connectivity index (χ0v) is 19.3. The third kappa shape index (κ3) is 21.4. The van der Waals surface area contributed by atoms with Crippen LogP contribution in [0.3, 0.4) is 0 Å². The van der Waals surface area contributed by atoms with Gasteiger partial charge in [0.25, 0.3) is 3.91 Å². The van der Waals surface area contributed by atoms with Gasteiger partial charge in [-0.2, -0.15) is 0 Å². The Hall–Kier alpha value is -0.880. The number of amides is 1. The van der Waals surface area contributed by atoms with Gasteiger partial charge in [-0.3, -0.25) is 10.2 Å². The second-order valence-corrected chi connectivity index (χ2v) is 7.14. The van der Waals surface area contributed by atoms with Gasteiger partial charge in [0.1, 0.15) is 0 Å². The minimum absolute atomic E-state index is 0.164. The SMILES string of the molecule is C=C(CCCC(=C)NNC(=O)I)NCCCOCCOCCOCCCNC. The van der Waals surface area contributed by atoms with E-state index in [1.54, 1.807) is 22.6 Å². The van der Waals surface area contributed by atoms with E-state index in [4.69, 9.17) is 14.2 Å². The van der Waals surface area contributed by atoms with Crippen LogP contribution in [0.25, 0.3) is 0 Å². The number of hydrogen-bond acceptors (Lipinski definition) is 7. The Morgan fingerprint density at radius 1 is 0.786 bits per heavy atom. The molecule has 0 aromatic carbocycles. The van der Waals surface area contributed by atoms with Gasteiger partial charge in [-0.1, -0.05) is 13.2 Å². The first kappa shape index (κ1) is 27.1. The van der Waals surface area contributed by atoms with E-state index >= 15 is 0 Å². The molecule has 0 fully saturated rings. The van der Waals surface area contributed by atoms with E-state index in [2.05, 4.69) is 34.6 Å². The first-order valence-electron chi connectivity index (χ1n) is 9.75. The van der Waals surface area contributed by atoms with Crippen molar-refractivity contribution in [2.45, 2.75) is 32.1 Å². The average Bonchev–Trinajstić information content (AvgIpc) is 2.66. The van der Waals surface area contributed by atoms with Crippen molar-refractivity contribution in [2.24, 2.45) is 0 Å². The Bertz CT molecular complexity index is 425. The summed E-state index contributed by atoms with van der Waals surface area (Å²) in [7, 11) is 1.94. The third-order valence-electron chi connectivity index (χ3n) is 3.59. The maximum atomic E-state index is 10.8. The average molecular weight is 512 g/mol. The van der Waals surface area contributed by atoms with Gasteiger partial charge in [0.2, 0.25) is 0 Å². The van der Waals surface area contributed by atoms with E-state index in [1.165, 1.54) is 0 Å². The summed E-state index contributed by atoms with van der Waals surface area (Å²) >= 11 is 1.66. The van der Waals surface area contributed by atoms with Crippen molar-refractivity contribution in [3.05, 3.63) is 24.6 Å². The summed E-state index contributed by atoms with van der Waals surface area (Å²) in [6.45, 7) is 13.6. The van der Waals surface area contributed by atoms with E-state index in [9.17, 15) is 4.79 Å². The van der Waals surface area contributed by atoms with Crippen LogP contribution in [0, 0.1) is 0 Å². The monoisotopic (exact) mass is 512 g/mol. The smallest absolute Gasteiger partial charge is 0.298 e. The van der Waals surface area contributed by atoms with Crippen LogP contribution in [0.15, 0.2) is 24.6 Å². The summed E-state index contributed by atoms with van der Waals surface area (Å²) in [5.41, 5.74) is 7.05. The molecule has 0 rings (SSSR count). The quantitative estimate of drug-likeness (QED) is 0.0618. The van der Waals surface area contributed by atoms with Crippen molar-refractivity contribution < 1.29 is 19.0 Å². The van der Waals surface area contributed by atoms with Gasteiger partial charge in [-0.25, -0.2) is 0 Å². The Kier molecular flexibility index (Phi) is 20.2. The molecule has 1 amide bonds. The van der Waals surface area contributed by atoms with Gasteiger partial charge < -0.3 is 30.3 Å². The molecule has 8 nitrogen and oxygen atoms in total. The molecule has 0 atom stereocenters. The normalized spacial score (nSPS) is 10.5. The summed E-state index contributed by atoms with van der Waals surface area (Å²) in [6, 6.07) is 0. The molecular weight excluding hydrogens is 475 g/mol. The fourth-order valence-corrected chi connectivity index (χ4v) is 2.27. The number of rotatable bonds is 21. The van der Waals surface area contributed by atoms with Crippen molar-refractivity contribution in [3.63, 3.8) is 0 Å². The Morgan fingerprint density at radius 3 is 1.89 bits per heavy atom. The van der Waals surface area contributed by atoms with Gasteiger partial charge in [-0.05, 0) is 45.7 Å². The number of hydrogen-bond donors (Lipinski definition) is 4. The molecule has 164 valence electrons. The highest BCUT2D eigenvalue weighted by molar-refractivity contribution is 14.1. The molecule has 28 heavy (non-hydrogen) atoms. The van der Waals surface area contributed by atoms with Gasteiger partial charge >= 0.3 is 0 Å². The predicted molar refractivity (Wildman–Crippen MR) is 121 cm³/mol. The lowest BCUT2D eigenvalue weighted by Crippen LogP contribution is -2.32. The summed E-state index contributed by atoms with van der Waals surface area (Å²) < 4.78 is 16.3. The van der Waals surface area contributed by atoms with Crippen LogP contribution in [0.5, 0.6) is 0 Å². The Labute approximate surface area is 183 Å². The predicted octanol–water partition coefficient (Wildman–Crippen LogP) is 2.47. The molecule has 0 saturated heterocycles. The number of nitrogens with one attached hydrogen (secondary N) is 4. The fourth-order valence-electron chi connectivity index (χ4n) is 2.14. The molecule has 0 aromatic heterocycles. The Morgan fingerprint density at radius 2 is 1.32 bits per heavy atom. The highest BCUT2D eigenvalue weighted by Crippen LogP contribution is 2.06. The van der Waals surface area contributed by atoms with E-state index in [0.29, 0.717) is 33.0 Å². The van der Waals surface area contributed by atoms with E-state index in [1.807, 2.05) is 7.05 Å². The largest absolute Gasteiger partial charge is 0.389 e. The fraction of sp³-hybridized carbons (Fsp3) is 0.737. The second-order valence-electron chi connectivity index (χ2n) is 6.16. The summed E-state index contributed by atoms with van der Waals surface area (Å²) in [6.07, 6.45) is 4.50. The van der Waals surface area contributed by atoms with Crippen LogP contribution in [-0.2, 0) is 14.2 Å². The zero-order chi connectivity index (χ0) is 20.9. The number of allylic oxidation sites excluding steroid dienone is 2. The van der Waals surface area contributed by atoms with E-state index in [0.717, 1.165) is 63.2 Å². The zero-order valence-electron chi connectivity index (χ0n) is 17.1. The summed E-state index contributed by atoms with van der Waals surface area (Å²) in [5, 5.41) is 6.38. The van der Waals surface area contributed by atoms with Gasteiger partial charge in [-0.15, -0.1) is 0 Å². The third-order valence-corrected chi connectivity index (χ3v) is 3.86. The summed E-state index contributed by atoms with van der Waals surface area (Å²) in [5.74, 6) is 0. The van der Waals surface area contributed by atoms with Gasteiger partial charge in [0.05, 0.1) is 26.4 Å². The highest BCUT2D eigenvalue weighted by Gasteiger charge is 1.99. The molecule has 0 aliphatic heterocycles. The van der Waals surface area contributed by atoms with Crippen molar-refractivity contribution >= 4 is 26.5 Å². The molecule has 0 radical (unpaired) electrons. The number of ether oxygens (including phenoxy) is 3. The summed E-state index contributed by atoms with van der Waals surface area (Å²) in [4.78, 5) is 10.8. The molecule has 0 unspecified atom stereocenters. The minimum atomic E-state index is -0.164. The lowest BCUT2D eigenvalue weighted by Gasteiger charge is -2.11. The maximum Gasteiger partial charge on any atom is 0.298 e. The number of carbonyl (C=O) groups excluding carboxylic acids is 1. The second kappa shape index (κ2) is 20.8. The van der Waals surface area contributed by atoms with E-state index in [-0.39, 0.29) is 3.91 Å². The topological polar surface area (TPSA) is 92.9 Å². The Balaban J connectivity index is 3.26. The van der Waals surface area contributed by atoms with Crippen molar-refractivity contribution in [1.29, 1.82) is 0 Å². The molecular formula is C19H37IN4O4. The molecule has 0 aromatic rings. The van der Waals surface area contributed by atoms with Crippen LogP contribution >= 0.6 is 22.6 Å². The van der Waals surface area contributed by atoms with Crippen LogP contribution in [0.4, 0.5) is 4.79 Å². The van der Waals surface area contributed by atoms with Crippen LogP contribution < -0.4 is 21.5 Å². The maximum absolute atomic E-state index is 10.8. The molecule has 4 N–H and O–H groups in total. The molecule has 0 aliphatic rings. The molecule has 0 spiro atoms. The standard InChI is InChI=1S/C19H37IN4O4/c1-17(7-4-8-18(2)23-24-19(20)25)22-10-6-12-27-14-16-28-15-13-26-11-5-9-21-3/h21-23H,1-2,4-16H2,3H3,(H,24,25). The molecule has 9 heteroatoms. The van der Waals surface area contributed by atoms with Crippen molar-refractivity contribution in [3.8, 4) is 0 Å². The lowest BCUT2D eigenvalue weighted by atomic mass is 10.2. The van der Waals surface area contributed by atoms with Crippen LogP contribution in [-0.4, -0.2) is 63.7 Å². The number of halogens is 1. The van der Waals surface area contributed by atoms with Crippen molar-refractivity contribution in [1.82, 2.24) is 21.5 Å². The first-order valence-corrected chi connectivity index (χ1v) is 10.8. The number of hydrazine groups is 1. The molecule has 0 bridgehead atoms. The van der Waals surface area contributed by atoms with Gasteiger partial charge in [0, 0.05) is 53.7 Å². The van der Waals surface area contributed by atoms with E-state index < -0.39 is 0 Å². The van der Waals surface area contributed by atoms with Crippen molar-refractivity contribution in [2.75, 3.05) is 59.8 Å². The van der Waals surface area contributed by atoms with Crippen LogP contribution in [0.2, 0.25) is 0 Å². The van der Waals surface area contributed by atoms with Gasteiger partial charge in [0.15, 0.2) is 0 Å². The molecule has 0 saturated carbocycles. The molecule has 0 heterocycles. The first-order chi connectivity index (χ1) is 13.6. The number of carbonyl (C=O) groups is 1. The highest BCUT2D eigenvalue weighted by atomic mass is 127.